The normalized spacial score (nSPS) is 22.8. The average molecular weight is 351 g/mol. The van der Waals surface area contributed by atoms with Gasteiger partial charge in [0.15, 0.2) is 0 Å². The van der Waals surface area contributed by atoms with Gasteiger partial charge >= 0.3 is 0 Å². The molecule has 4 rings (SSSR count). The Bertz CT molecular complexity index is 794. The Kier molecular flexibility index (Phi) is 4.59. The lowest BCUT2D eigenvalue weighted by molar-refractivity contribution is -0.115. The zero-order chi connectivity index (χ0) is 18.1. The van der Waals surface area contributed by atoms with E-state index in [2.05, 4.69) is 69.4 Å². The predicted octanol–water partition coefficient (Wildman–Crippen LogP) is 2.32. The minimum atomic E-state index is -0.00227. The molecular formula is C20H25N5O. The van der Waals surface area contributed by atoms with E-state index in [1.165, 1.54) is 5.56 Å². The highest BCUT2D eigenvalue weighted by molar-refractivity contribution is 5.99. The number of nitrogens with one attached hydrogen (secondary N) is 1. The fourth-order valence-corrected chi connectivity index (χ4v) is 4.08. The van der Waals surface area contributed by atoms with Gasteiger partial charge in [0.2, 0.25) is 5.91 Å². The molecule has 26 heavy (non-hydrogen) atoms. The van der Waals surface area contributed by atoms with Crippen LogP contribution in [0.5, 0.6) is 0 Å². The van der Waals surface area contributed by atoms with Gasteiger partial charge in [-0.3, -0.25) is 9.69 Å². The van der Waals surface area contributed by atoms with Crippen molar-refractivity contribution >= 4 is 17.5 Å². The van der Waals surface area contributed by atoms with Crippen LogP contribution >= 0.6 is 0 Å². The summed E-state index contributed by atoms with van der Waals surface area (Å²) in [5, 5.41) is 2.82. The molecule has 2 aliphatic heterocycles. The highest BCUT2D eigenvalue weighted by Gasteiger charge is 2.33. The molecular weight excluding hydrogens is 326 g/mol. The van der Waals surface area contributed by atoms with Crippen molar-refractivity contribution in [2.75, 3.05) is 30.4 Å². The van der Waals surface area contributed by atoms with Crippen molar-refractivity contribution < 1.29 is 4.79 Å². The van der Waals surface area contributed by atoms with Crippen molar-refractivity contribution in [3.8, 4) is 0 Å². The maximum absolute atomic E-state index is 11.8. The van der Waals surface area contributed by atoms with Crippen LogP contribution in [0, 0.1) is 5.92 Å². The topological polar surface area (TPSA) is 61.4 Å². The highest BCUT2D eigenvalue weighted by Crippen LogP contribution is 2.32. The quantitative estimate of drug-likeness (QED) is 0.916. The number of aromatic nitrogens is 2. The molecule has 0 radical (unpaired) electrons. The third-order valence-electron chi connectivity index (χ3n) is 5.60. The summed E-state index contributed by atoms with van der Waals surface area (Å²) in [6.07, 6.45) is 3.07. The second-order valence-electron chi connectivity index (χ2n) is 7.41. The van der Waals surface area contributed by atoms with E-state index in [0.29, 0.717) is 24.2 Å². The maximum Gasteiger partial charge on any atom is 0.230 e. The van der Waals surface area contributed by atoms with Crippen molar-refractivity contribution in [2.24, 2.45) is 5.92 Å². The van der Waals surface area contributed by atoms with Gasteiger partial charge in [-0.25, -0.2) is 9.97 Å². The standard InChI is InChI=1S/C20H25N5O/c1-14-8-9-25(11-15-6-4-3-5-7-15)12-17(14)24(2)20-16-10-18(26)23-19(16)21-13-22-20/h3-7,13-14,17H,8-12H2,1-2H3,(H,21,22,23,26). The molecule has 1 aromatic heterocycles. The zero-order valence-electron chi connectivity index (χ0n) is 15.4. The largest absolute Gasteiger partial charge is 0.355 e. The second-order valence-corrected chi connectivity index (χ2v) is 7.41. The van der Waals surface area contributed by atoms with Gasteiger partial charge in [0, 0.05) is 31.7 Å². The van der Waals surface area contributed by atoms with Gasteiger partial charge in [0.05, 0.1) is 6.42 Å². The predicted molar refractivity (Wildman–Crippen MR) is 102 cm³/mol. The van der Waals surface area contributed by atoms with E-state index >= 15 is 0 Å². The summed E-state index contributed by atoms with van der Waals surface area (Å²) in [4.78, 5) is 25.2. The van der Waals surface area contributed by atoms with E-state index in [4.69, 9.17) is 0 Å². The van der Waals surface area contributed by atoms with E-state index < -0.39 is 0 Å². The number of nitrogens with zero attached hydrogens (tertiary/aromatic N) is 4. The molecule has 6 heteroatoms. The van der Waals surface area contributed by atoms with Crippen LogP contribution < -0.4 is 10.2 Å². The van der Waals surface area contributed by atoms with Gasteiger partial charge in [-0.15, -0.1) is 0 Å². The first kappa shape index (κ1) is 17.0. The van der Waals surface area contributed by atoms with E-state index in [9.17, 15) is 4.79 Å². The van der Waals surface area contributed by atoms with Gasteiger partial charge in [0.25, 0.3) is 0 Å². The summed E-state index contributed by atoms with van der Waals surface area (Å²) in [6, 6.07) is 11.0. The number of likely N-dealkylation sites (N-methyl/N-ethyl adjacent to an activating group) is 1. The number of anilines is 2. The number of hydrogen-bond donors (Lipinski definition) is 1. The van der Waals surface area contributed by atoms with Crippen LogP contribution in [0.25, 0.3) is 0 Å². The number of likely N-dealkylation sites (tertiary alicyclic amines) is 1. The Hall–Kier alpha value is -2.47. The first-order valence-electron chi connectivity index (χ1n) is 9.24. The van der Waals surface area contributed by atoms with Crippen molar-refractivity contribution in [2.45, 2.75) is 32.4 Å². The van der Waals surface area contributed by atoms with Crippen molar-refractivity contribution in [1.29, 1.82) is 0 Å². The molecule has 3 heterocycles. The van der Waals surface area contributed by atoms with E-state index in [1.807, 2.05) is 0 Å². The maximum atomic E-state index is 11.8. The van der Waals surface area contributed by atoms with Crippen molar-refractivity contribution in [3.05, 3.63) is 47.8 Å². The number of piperidine rings is 1. The molecule has 1 amide bonds. The number of benzene rings is 1. The zero-order valence-corrected chi connectivity index (χ0v) is 15.4. The lowest BCUT2D eigenvalue weighted by Crippen LogP contribution is -2.51. The molecule has 0 spiro atoms. The van der Waals surface area contributed by atoms with Gasteiger partial charge in [-0.2, -0.15) is 0 Å². The minimum absolute atomic E-state index is 0.00227. The minimum Gasteiger partial charge on any atom is -0.355 e. The molecule has 6 nitrogen and oxygen atoms in total. The SMILES string of the molecule is CC1CCN(Cc2ccccc2)CC1N(C)c1ncnc2c1CC(=O)N2. The number of hydrogen-bond acceptors (Lipinski definition) is 5. The van der Waals surface area contributed by atoms with Crippen molar-refractivity contribution in [3.63, 3.8) is 0 Å². The van der Waals surface area contributed by atoms with Crippen molar-refractivity contribution in [1.82, 2.24) is 14.9 Å². The Morgan fingerprint density at radius 2 is 2.08 bits per heavy atom. The second kappa shape index (κ2) is 7.03. The molecule has 2 atom stereocenters. The molecule has 0 saturated carbocycles. The molecule has 0 bridgehead atoms. The highest BCUT2D eigenvalue weighted by atomic mass is 16.1. The molecule has 1 N–H and O–H groups in total. The molecule has 1 fully saturated rings. The monoisotopic (exact) mass is 351 g/mol. The molecule has 0 aliphatic carbocycles. The number of carbonyl (C=O) groups is 1. The van der Waals surface area contributed by atoms with E-state index in [-0.39, 0.29) is 5.91 Å². The molecule has 2 unspecified atom stereocenters. The van der Waals surface area contributed by atoms with Gasteiger partial charge < -0.3 is 10.2 Å². The van der Waals surface area contributed by atoms with Crippen LogP contribution in [0.3, 0.4) is 0 Å². The Labute approximate surface area is 154 Å². The first-order valence-corrected chi connectivity index (χ1v) is 9.24. The smallest absolute Gasteiger partial charge is 0.230 e. The lowest BCUT2D eigenvalue weighted by atomic mass is 9.91. The molecule has 2 aliphatic rings. The molecule has 136 valence electrons. The van der Waals surface area contributed by atoms with Crippen LogP contribution in [0.1, 0.15) is 24.5 Å². The fourth-order valence-electron chi connectivity index (χ4n) is 4.08. The molecule has 2 aromatic rings. The van der Waals surface area contributed by atoms with Crippen LogP contribution in [-0.2, 0) is 17.8 Å². The third-order valence-corrected chi connectivity index (χ3v) is 5.60. The summed E-state index contributed by atoms with van der Waals surface area (Å²) >= 11 is 0. The summed E-state index contributed by atoms with van der Waals surface area (Å²) in [5.41, 5.74) is 2.27. The van der Waals surface area contributed by atoms with Crippen LogP contribution in [0.15, 0.2) is 36.7 Å². The summed E-state index contributed by atoms with van der Waals surface area (Å²) < 4.78 is 0. The summed E-state index contributed by atoms with van der Waals surface area (Å²) in [6.45, 7) is 5.39. The van der Waals surface area contributed by atoms with Crippen LogP contribution in [0.4, 0.5) is 11.6 Å². The van der Waals surface area contributed by atoms with Gasteiger partial charge in [0.1, 0.15) is 18.0 Å². The Balaban J connectivity index is 1.53. The number of fused-ring (bicyclic) bond motifs is 1. The van der Waals surface area contributed by atoms with E-state index in [0.717, 1.165) is 37.4 Å². The fraction of sp³-hybridized carbons (Fsp3) is 0.450. The van der Waals surface area contributed by atoms with E-state index in [1.54, 1.807) is 6.33 Å². The lowest BCUT2D eigenvalue weighted by Gasteiger charge is -2.42. The Morgan fingerprint density at radius 1 is 1.27 bits per heavy atom. The number of rotatable bonds is 4. The number of amides is 1. The molecule has 1 saturated heterocycles. The molecule has 1 aromatic carbocycles. The van der Waals surface area contributed by atoms with Gasteiger partial charge in [-0.05, 0) is 24.4 Å². The van der Waals surface area contributed by atoms with Crippen LogP contribution in [-0.4, -0.2) is 47.0 Å². The van der Waals surface area contributed by atoms with Gasteiger partial charge in [-0.1, -0.05) is 37.3 Å². The van der Waals surface area contributed by atoms with Crippen LogP contribution in [0.2, 0.25) is 0 Å². The summed E-state index contributed by atoms with van der Waals surface area (Å²) in [5.74, 6) is 2.11. The Morgan fingerprint density at radius 3 is 2.88 bits per heavy atom. The third kappa shape index (κ3) is 3.29. The average Bonchev–Trinajstić information content (AvgIpc) is 3.04. The summed E-state index contributed by atoms with van der Waals surface area (Å²) in [7, 11) is 2.10. The first-order chi connectivity index (χ1) is 12.6. The number of carbonyl (C=O) groups excluding carboxylic acids is 1.